The molecule has 0 aliphatic heterocycles. The Hall–Kier alpha value is -2.34. The normalized spacial score (nSPS) is 27.7. The number of hydrogen-bond acceptors (Lipinski definition) is 0. The molecule has 0 heterocycles. The Balaban J connectivity index is 1.28. The summed E-state index contributed by atoms with van der Waals surface area (Å²) in [4.78, 5) is 0. The average molecular weight is 310 g/mol. The third-order valence-corrected chi connectivity index (χ3v) is 5.83. The van der Waals surface area contributed by atoms with Gasteiger partial charge in [-0.25, -0.2) is 0 Å². The predicted octanol–water partition coefficient (Wildman–Crippen LogP) is 6.23. The molecule has 0 bridgehead atoms. The number of rotatable bonds is 4. The summed E-state index contributed by atoms with van der Waals surface area (Å²) in [6.07, 6.45) is 2.61. The van der Waals surface area contributed by atoms with Gasteiger partial charge < -0.3 is 0 Å². The molecule has 0 radical (unpaired) electrons. The van der Waals surface area contributed by atoms with Gasteiger partial charge in [0.1, 0.15) is 0 Å². The van der Waals surface area contributed by atoms with Crippen molar-refractivity contribution in [2.45, 2.75) is 36.5 Å². The maximum atomic E-state index is 2.38. The second-order valence-electron chi connectivity index (χ2n) is 7.39. The standard InChI is InChI=1S/C24H22/c1-3-7-17(8-4-1)21-15-23(21)19-11-13-20(14-12-19)24-16-22(24)18-9-5-2-6-10-18/h1-14,21-24H,15-16H2. The lowest BCUT2D eigenvalue weighted by molar-refractivity contribution is 1.00. The zero-order chi connectivity index (χ0) is 15.9. The Bertz CT molecular complexity index is 744. The average Bonchev–Trinajstić information content (AvgIpc) is 3.57. The lowest BCUT2D eigenvalue weighted by Crippen LogP contribution is -1.87. The molecule has 4 atom stereocenters. The highest BCUT2D eigenvalue weighted by atomic mass is 14.4. The summed E-state index contributed by atoms with van der Waals surface area (Å²) in [5, 5.41) is 0. The molecule has 0 saturated heterocycles. The van der Waals surface area contributed by atoms with Gasteiger partial charge in [-0.2, -0.15) is 0 Å². The van der Waals surface area contributed by atoms with Crippen molar-refractivity contribution in [2.24, 2.45) is 0 Å². The van der Waals surface area contributed by atoms with Gasteiger partial charge in [-0.15, -0.1) is 0 Å². The van der Waals surface area contributed by atoms with E-state index in [-0.39, 0.29) is 0 Å². The molecule has 2 aliphatic rings. The molecule has 2 saturated carbocycles. The Morgan fingerprint density at radius 2 is 0.667 bits per heavy atom. The molecule has 0 spiro atoms. The fourth-order valence-corrected chi connectivity index (χ4v) is 4.25. The fraction of sp³-hybridized carbons (Fsp3) is 0.250. The van der Waals surface area contributed by atoms with Crippen LogP contribution in [0.2, 0.25) is 0 Å². The van der Waals surface area contributed by atoms with Crippen LogP contribution in [0.3, 0.4) is 0 Å². The molecule has 0 aromatic heterocycles. The van der Waals surface area contributed by atoms with Crippen LogP contribution >= 0.6 is 0 Å². The highest BCUT2D eigenvalue weighted by Crippen LogP contribution is 2.56. The van der Waals surface area contributed by atoms with Gasteiger partial charge in [0.05, 0.1) is 0 Å². The Labute approximate surface area is 144 Å². The van der Waals surface area contributed by atoms with Crippen LogP contribution in [0.4, 0.5) is 0 Å². The van der Waals surface area contributed by atoms with E-state index >= 15 is 0 Å². The second kappa shape index (κ2) is 5.63. The van der Waals surface area contributed by atoms with Gasteiger partial charge in [-0.3, -0.25) is 0 Å². The van der Waals surface area contributed by atoms with Crippen LogP contribution in [0.5, 0.6) is 0 Å². The van der Waals surface area contributed by atoms with Crippen LogP contribution in [0.25, 0.3) is 0 Å². The van der Waals surface area contributed by atoms with E-state index in [2.05, 4.69) is 84.9 Å². The molecule has 2 fully saturated rings. The first-order valence-electron chi connectivity index (χ1n) is 9.10. The summed E-state index contributed by atoms with van der Waals surface area (Å²) in [7, 11) is 0. The van der Waals surface area contributed by atoms with Crippen molar-refractivity contribution >= 4 is 0 Å². The molecule has 3 aromatic rings. The van der Waals surface area contributed by atoms with E-state index in [1.54, 1.807) is 0 Å². The molecular formula is C24H22. The summed E-state index contributed by atoms with van der Waals surface area (Å²) in [6, 6.07) is 31.4. The Morgan fingerprint density at radius 1 is 0.375 bits per heavy atom. The minimum Gasteiger partial charge on any atom is -0.0622 e. The van der Waals surface area contributed by atoms with E-state index in [4.69, 9.17) is 0 Å². The van der Waals surface area contributed by atoms with Crippen molar-refractivity contribution in [1.29, 1.82) is 0 Å². The highest BCUT2D eigenvalue weighted by Gasteiger charge is 2.41. The third kappa shape index (κ3) is 2.57. The van der Waals surface area contributed by atoms with Crippen LogP contribution in [-0.4, -0.2) is 0 Å². The SMILES string of the molecule is c1ccc(C2CC2c2ccc(C3CC3c3ccccc3)cc2)cc1. The van der Waals surface area contributed by atoms with E-state index < -0.39 is 0 Å². The third-order valence-electron chi connectivity index (χ3n) is 5.83. The number of hydrogen-bond donors (Lipinski definition) is 0. The van der Waals surface area contributed by atoms with Gasteiger partial charge in [0.25, 0.3) is 0 Å². The van der Waals surface area contributed by atoms with Crippen molar-refractivity contribution in [3.05, 3.63) is 107 Å². The van der Waals surface area contributed by atoms with Gasteiger partial charge in [-0.1, -0.05) is 84.9 Å². The van der Waals surface area contributed by atoms with Gasteiger partial charge in [0.2, 0.25) is 0 Å². The summed E-state index contributed by atoms with van der Waals surface area (Å²) in [6.45, 7) is 0. The summed E-state index contributed by atoms with van der Waals surface area (Å²) in [5.74, 6) is 2.92. The Morgan fingerprint density at radius 3 is 1.00 bits per heavy atom. The van der Waals surface area contributed by atoms with E-state index in [9.17, 15) is 0 Å². The van der Waals surface area contributed by atoms with Crippen molar-refractivity contribution in [3.8, 4) is 0 Å². The quantitative estimate of drug-likeness (QED) is 0.536. The first-order valence-corrected chi connectivity index (χ1v) is 9.10. The second-order valence-corrected chi connectivity index (χ2v) is 7.39. The van der Waals surface area contributed by atoms with Gasteiger partial charge >= 0.3 is 0 Å². The van der Waals surface area contributed by atoms with Crippen LogP contribution < -0.4 is 0 Å². The minimum atomic E-state index is 0.727. The van der Waals surface area contributed by atoms with Gasteiger partial charge in [0.15, 0.2) is 0 Å². The summed E-state index contributed by atoms with van der Waals surface area (Å²) >= 11 is 0. The molecule has 0 nitrogen and oxygen atoms in total. The van der Waals surface area contributed by atoms with E-state index in [0.717, 1.165) is 23.7 Å². The molecule has 118 valence electrons. The molecule has 5 rings (SSSR count). The predicted molar refractivity (Wildman–Crippen MR) is 99.5 cm³/mol. The maximum Gasteiger partial charge on any atom is -0.00868 e. The van der Waals surface area contributed by atoms with Gasteiger partial charge in [0, 0.05) is 0 Å². The molecule has 2 aliphatic carbocycles. The van der Waals surface area contributed by atoms with Crippen LogP contribution in [-0.2, 0) is 0 Å². The van der Waals surface area contributed by atoms with E-state index in [1.165, 1.54) is 35.1 Å². The van der Waals surface area contributed by atoms with Crippen LogP contribution in [0.15, 0.2) is 84.9 Å². The van der Waals surface area contributed by atoms with Crippen LogP contribution in [0.1, 0.15) is 58.8 Å². The first-order chi connectivity index (χ1) is 11.9. The van der Waals surface area contributed by atoms with Gasteiger partial charge in [-0.05, 0) is 58.8 Å². The summed E-state index contributed by atoms with van der Waals surface area (Å²) in [5.41, 5.74) is 6.03. The van der Waals surface area contributed by atoms with Crippen molar-refractivity contribution in [2.75, 3.05) is 0 Å². The first kappa shape index (κ1) is 14.0. The zero-order valence-electron chi connectivity index (χ0n) is 13.8. The highest BCUT2D eigenvalue weighted by molar-refractivity contribution is 5.41. The monoisotopic (exact) mass is 310 g/mol. The Kier molecular flexibility index (Phi) is 3.29. The molecule has 3 aromatic carbocycles. The lowest BCUT2D eigenvalue weighted by Gasteiger charge is -2.05. The van der Waals surface area contributed by atoms with E-state index in [0.29, 0.717) is 0 Å². The topological polar surface area (TPSA) is 0 Å². The van der Waals surface area contributed by atoms with Crippen molar-refractivity contribution in [1.82, 2.24) is 0 Å². The molecule has 0 heteroatoms. The van der Waals surface area contributed by atoms with Crippen LogP contribution in [0, 0.1) is 0 Å². The smallest absolute Gasteiger partial charge is 0.00868 e. The fourth-order valence-electron chi connectivity index (χ4n) is 4.25. The lowest BCUT2D eigenvalue weighted by atomic mass is 10.0. The molecular weight excluding hydrogens is 288 g/mol. The molecule has 4 unspecified atom stereocenters. The zero-order valence-corrected chi connectivity index (χ0v) is 13.8. The molecule has 24 heavy (non-hydrogen) atoms. The minimum absolute atomic E-state index is 0.727. The van der Waals surface area contributed by atoms with Crippen molar-refractivity contribution < 1.29 is 0 Å². The summed E-state index contributed by atoms with van der Waals surface area (Å²) < 4.78 is 0. The maximum absolute atomic E-state index is 2.38. The molecule has 0 amide bonds. The van der Waals surface area contributed by atoms with E-state index in [1.807, 2.05) is 0 Å². The largest absolute Gasteiger partial charge is 0.0622 e. The number of benzene rings is 3. The molecule has 0 N–H and O–H groups in total. The van der Waals surface area contributed by atoms with Crippen molar-refractivity contribution in [3.63, 3.8) is 0 Å².